The third kappa shape index (κ3) is 48.4. The monoisotopic (exact) mass is 1220 g/mol. The summed E-state index contributed by atoms with van der Waals surface area (Å²) in [6, 6.07) is 3.00. The number of amides is 2. The van der Waals surface area contributed by atoms with Crippen molar-refractivity contribution in [2.75, 3.05) is 99.6 Å². The summed E-state index contributed by atoms with van der Waals surface area (Å²) in [5.41, 5.74) is -0.0531. The second-order valence-electron chi connectivity index (χ2n) is 17.2. The van der Waals surface area contributed by atoms with Gasteiger partial charge in [-0.3, -0.25) is 34.1 Å². The molecule has 8 unspecified atom stereocenters. The Morgan fingerprint density at radius 3 is 1.38 bits per heavy atom. The van der Waals surface area contributed by atoms with E-state index in [9.17, 15) is 34.1 Å². The van der Waals surface area contributed by atoms with Crippen molar-refractivity contribution in [3.8, 4) is 0 Å². The normalized spacial score (nSPS) is 13.8. The summed E-state index contributed by atoms with van der Waals surface area (Å²) in [6.07, 6.45) is 3.21. The molecule has 1 rings (SSSR count). The van der Waals surface area contributed by atoms with E-state index >= 15 is 0 Å². The highest BCUT2D eigenvalue weighted by atomic mass is 33.1. The molecule has 0 aliphatic carbocycles. The van der Waals surface area contributed by atoms with Crippen molar-refractivity contribution in [1.29, 1.82) is 0 Å². The first kappa shape index (κ1) is 82.3. The van der Waals surface area contributed by atoms with Crippen LogP contribution < -0.4 is 10.6 Å². The van der Waals surface area contributed by atoms with Gasteiger partial charge >= 0.3 is 17.9 Å². The number of carbonyl (C=O) groups is 5. The number of nitrogens with one attached hydrogen (secondary N) is 2. The van der Waals surface area contributed by atoms with Crippen LogP contribution in [-0.2, 0) is 71.3 Å². The van der Waals surface area contributed by atoms with Crippen LogP contribution in [0, 0.1) is 10.1 Å². The number of nitrogens with zero attached hydrogens (tertiary/aromatic N) is 2. The van der Waals surface area contributed by atoms with E-state index in [4.69, 9.17) is 83.1 Å². The van der Waals surface area contributed by atoms with Gasteiger partial charge in [0.1, 0.15) is 24.4 Å². The smallest absolute Gasteiger partial charge is 0.305 e. The number of carboxylic acids is 1. The summed E-state index contributed by atoms with van der Waals surface area (Å²) >= 11 is 0. The number of aliphatic hydroxyl groups excluding tert-OH is 6. The molecule has 28 nitrogen and oxygen atoms in total. The number of aliphatic hydroxyl groups is 6. The Hall–Kier alpha value is -3.96. The van der Waals surface area contributed by atoms with Crippen LogP contribution in [0.25, 0.3) is 0 Å². The lowest BCUT2D eigenvalue weighted by Crippen LogP contribution is -2.31. The highest BCUT2D eigenvalue weighted by molar-refractivity contribution is 8.76. The quantitative estimate of drug-likeness (QED) is 0.0113. The fraction of sp³-hybridized carbons (Fsp3) is 0.808. The van der Waals surface area contributed by atoms with Crippen molar-refractivity contribution >= 4 is 57.0 Å². The van der Waals surface area contributed by atoms with Crippen molar-refractivity contribution in [1.82, 2.24) is 15.6 Å². The van der Waals surface area contributed by atoms with E-state index < -0.39 is 54.1 Å². The van der Waals surface area contributed by atoms with E-state index in [1.807, 2.05) is 34.6 Å². The molecular weight excluding hydrogens is 1130 g/mol. The average Bonchev–Trinajstić information content (AvgIpc) is 3.49. The molecule has 0 bridgehead atoms. The number of ether oxygens (including phenoxy) is 10. The van der Waals surface area contributed by atoms with Gasteiger partial charge in [0.2, 0.25) is 11.8 Å². The van der Waals surface area contributed by atoms with Crippen molar-refractivity contribution in [3.63, 3.8) is 0 Å². The van der Waals surface area contributed by atoms with Crippen molar-refractivity contribution in [2.45, 2.75) is 179 Å². The maximum Gasteiger partial charge on any atom is 0.305 e. The number of carbonyl (C=O) groups excluding carboxylic acids is 4. The first-order valence-electron chi connectivity index (χ1n) is 27.3. The second kappa shape index (κ2) is 57.5. The molecule has 30 heteroatoms. The molecule has 1 aromatic rings. The number of carboxylic acid groups (broad SMARTS) is 1. The number of hydrogen-bond acceptors (Lipinski definition) is 26. The number of rotatable bonds is 47. The fourth-order valence-electron chi connectivity index (χ4n) is 5.70. The highest BCUT2D eigenvalue weighted by Gasteiger charge is 2.19. The van der Waals surface area contributed by atoms with Gasteiger partial charge < -0.3 is 93.7 Å². The number of esters is 2. The van der Waals surface area contributed by atoms with E-state index in [1.165, 1.54) is 55.2 Å². The van der Waals surface area contributed by atoms with Gasteiger partial charge in [-0.15, -0.1) is 0 Å². The first-order chi connectivity index (χ1) is 39.4. The van der Waals surface area contributed by atoms with Crippen molar-refractivity contribution < 1.29 is 112 Å². The second-order valence-corrected chi connectivity index (χ2v) is 19.6. The van der Waals surface area contributed by atoms with Gasteiger partial charge in [-0.25, -0.2) is 4.98 Å². The van der Waals surface area contributed by atoms with Gasteiger partial charge in [-0.05, 0) is 74.6 Å². The minimum atomic E-state index is -0.945. The molecule has 0 aliphatic heterocycles. The third-order valence-electron chi connectivity index (χ3n) is 10.6. The van der Waals surface area contributed by atoms with Gasteiger partial charge in [-0.2, -0.15) is 0 Å². The Balaban J connectivity index is -0.00000119. The Morgan fingerprint density at radius 2 is 1.01 bits per heavy atom. The number of aromatic nitrogens is 1. The van der Waals surface area contributed by atoms with E-state index in [0.29, 0.717) is 76.1 Å². The standard InChI is InChI=1S/C24H38N4O9S2.C12H22O7.C9H20O4.C7H16O4/c1-3-19(16-29)37-24(35-2)17-36-23(32)9-4-7-20(30)25-12-6-13-26-21(31)8-5-14-38-39-22-11-10-18(15-27-22)28(33)34;1-3-9(7-13)19-12(17-2)8-18-11(16)6-4-5-10(14)15;1-3-5-12-9(7-11)13-8(4-2)6-10;1-3-6(4-8)11-7(5-9)10-2/h10-11,15,19,24,29H,3-9,12-14,16-17H2,1-2H3,(H,25,30)(H,26,31);9,12-13H,3-8H2,1-2H3,(H,14,15);8-11H,3-7H2,1-2H3;6-9H,3-5H2,1-2H3. The minimum Gasteiger partial charge on any atom is -0.481 e. The molecule has 0 saturated heterocycles. The van der Waals surface area contributed by atoms with Crippen LogP contribution in [0.3, 0.4) is 0 Å². The Bertz CT molecular complexity index is 1700. The van der Waals surface area contributed by atoms with E-state index in [-0.39, 0.29) is 121 Å². The van der Waals surface area contributed by atoms with Crippen LogP contribution >= 0.6 is 21.6 Å². The molecule has 0 fully saturated rings. The zero-order valence-electron chi connectivity index (χ0n) is 49.0. The van der Waals surface area contributed by atoms with Gasteiger partial charge in [-0.1, -0.05) is 45.4 Å². The Morgan fingerprint density at radius 1 is 0.585 bits per heavy atom. The molecule has 0 spiro atoms. The Kier molecular flexibility index (Phi) is 57.6. The summed E-state index contributed by atoms with van der Waals surface area (Å²) < 4.78 is 51.2. The zero-order chi connectivity index (χ0) is 62.4. The molecule has 2 amide bonds. The fourth-order valence-corrected chi connectivity index (χ4v) is 7.65. The predicted octanol–water partition coefficient (Wildman–Crippen LogP) is 3.41. The summed E-state index contributed by atoms with van der Waals surface area (Å²) in [5, 5.41) is 78.4. The first-order valence-corrected chi connectivity index (χ1v) is 29.6. The molecule has 0 aliphatic rings. The highest BCUT2D eigenvalue weighted by Crippen LogP contribution is 2.30. The lowest BCUT2D eigenvalue weighted by molar-refractivity contribution is -0.385. The van der Waals surface area contributed by atoms with Crippen LogP contribution in [0.4, 0.5) is 5.69 Å². The van der Waals surface area contributed by atoms with Gasteiger partial charge in [0.05, 0.1) is 69.0 Å². The van der Waals surface area contributed by atoms with E-state index in [0.717, 1.165) is 12.2 Å². The van der Waals surface area contributed by atoms with E-state index in [1.54, 1.807) is 6.07 Å². The topological polar surface area (TPSA) is 399 Å². The van der Waals surface area contributed by atoms with Crippen molar-refractivity contribution in [3.05, 3.63) is 28.4 Å². The molecule has 480 valence electrons. The molecule has 8 atom stereocenters. The SMILES string of the molecule is CCC(CO)OC(CO)OC.CCC(CO)OC(COC(=O)CCCC(=O)NCCCNC(=O)CCCSSc1ccc([N+](=O)[O-])cn1)OC.CCC(CO)OC(COC(=O)CCCC(=O)O)OC.CCCOC(CO)OC(CC)CO. The number of pyridine rings is 1. The average molecular weight is 1230 g/mol. The van der Waals surface area contributed by atoms with Crippen LogP contribution in [0.15, 0.2) is 23.4 Å². The summed E-state index contributed by atoms with van der Waals surface area (Å²) in [6.45, 7) is 10.0. The minimum absolute atomic E-state index is 0.0392. The van der Waals surface area contributed by atoms with Crippen molar-refractivity contribution in [2.24, 2.45) is 0 Å². The molecule has 0 saturated carbocycles. The summed E-state index contributed by atoms with van der Waals surface area (Å²) in [7, 11) is 7.20. The van der Waals surface area contributed by atoms with Gasteiger partial charge in [0, 0.05) is 84.9 Å². The molecule has 1 heterocycles. The molecule has 1 aromatic heterocycles. The predicted molar refractivity (Wildman–Crippen MR) is 302 cm³/mol. The number of methoxy groups -OCH3 is 3. The third-order valence-corrected chi connectivity index (χ3v) is 13.0. The lowest BCUT2D eigenvalue weighted by atomic mass is 10.2. The molecule has 0 radical (unpaired) electrons. The number of aliphatic carboxylic acids is 1. The lowest BCUT2D eigenvalue weighted by Gasteiger charge is -2.21. The Labute approximate surface area is 490 Å². The molecule has 9 N–H and O–H groups in total. The maximum atomic E-state index is 11.9. The number of nitro groups is 1. The van der Waals surface area contributed by atoms with Crippen LogP contribution in [0.1, 0.15) is 125 Å². The largest absolute Gasteiger partial charge is 0.481 e. The summed E-state index contributed by atoms with van der Waals surface area (Å²) in [5.74, 6) is -1.43. The molecular formula is C52H96N4O24S2. The maximum absolute atomic E-state index is 11.9. The summed E-state index contributed by atoms with van der Waals surface area (Å²) in [4.78, 5) is 71.4. The van der Waals surface area contributed by atoms with Gasteiger partial charge in [0.25, 0.3) is 5.69 Å². The number of hydrogen-bond donors (Lipinski definition) is 9. The van der Waals surface area contributed by atoms with Crippen LogP contribution in [0.2, 0.25) is 0 Å². The van der Waals surface area contributed by atoms with Gasteiger partial charge in [0.15, 0.2) is 25.2 Å². The molecule has 82 heavy (non-hydrogen) atoms. The van der Waals surface area contributed by atoms with Crippen LogP contribution in [0.5, 0.6) is 0 Å². The van der Waals surface area contributed by atoms with Crippen LogP contribution in [-0.4, -0.2) is 225 Å². The zero-order valence-corrected chi connectivity index (χ0v) is 50.7. The molecule has 0 aromatic carbocycles. The van der Waals surface area contributed by atoms with E-state index in [2.05, 4.69) is 15.6 Å².